The van der Waals surface area contributed by atoms with Gasteiger partial charge in [-0.2, -0.15) is 10.1 Å². The van der Waals surface area contributed by atoms with Gasteiger partial charge in [-0.05, 0) is 34.6 Å². The molecule has 0 aliphatic carbocycles. The standard InChI is InChI=1S/C19H26F2N6O2/c1-6-28-13(5)26-9-14(8-22-26)16-15(21)10-27-18(17(16)29-11(2)3)24-19(25-27)23-12(4)7-20/h8-13H,6-7H2,1-5H3,(H,23,25)/t12-,13?/m0/s1. The number of alkyl halides is 1. The van der Waals surface area contributed by atoms with E-state index >= 15 is 4.39 Å². The Balaban J connectivity index is 2.11. The molecule has 3 aromatic heterocycles. The highest BCUT2D eigenvalue weighted by Crippen LogP contribution is 2.37. The van der Waals surface area contributed by atoms with Crippen molar-refractivity contribution in [3.05, 3.63) is 24.4 Å². The lowest BCUT2D eigenvalue weighted by atomic mass is 10.1. The highest BCUT2D eigenvalue weighted by atomic mass is 19.1. The molecule has 3 rings (SSSR count). The summed E-state index contributed by atoms with van der Waals surface area (Å²) in [5.41, 5.74) is 1.09. The largest absolute Gasteiger partial charge is 0.486 e. The zero-order valence-corrected chi connectivity index (χ0v) is 17.2. The van der Waals surface area contributed by atoms with E-state index in [1.807, 2.05) is 27.7 Å². The summed E-state index contributed by atoms with van der Waals surface area (Å²) >= 11 is 0. The number of rotatable bonds is 9. The van der Waals surface area contributed by atoms with Gasteiger partial charge in [-0.1, -0.05) is 0 Å². The van der Waals surface area contributed by atoms with Crippen LogP contribution in [0.1, 0.15) is 40.8 Å². The highest BCUT2D eigenvalue weighted by molar-refractivity contribution is 5.78. The van der Waals surface area contributed by atoms with Crippen molar-refractivity contribution in [1.82, 2.24) is 24.4 Å². The number of pyridine rings is 1. The lowest BCUT2D eigenvalue weighted by Gasteiger charge is -2.15. The van der Waals surface area contributed by atoms with Crippen LogP contribution < -0.4 is 10.1 Å². The van der Waals surface area contributed by atoms with E-state index < -0.39 is 18.5 Å². The third kappa shape index (κ3) is 4.47. The minimum atomic E-state index is -0.582. The quantitative estimate of drug-likeness (QED) is 0.580. The number of anilines is 1. The molecule has 0 fully saturated rings. The van der Waals surface area contributed by atoms with Gasteiger partial charge in [-0.3, -0.25) is 0 Å². The first-order valence-corrected chi connectivity index (χ1v) is 9.58. The maximum absolute atomic E-state index is 15.1. The Morgan fingerprint density at radius 1 is 1.21 bits per heavy atom. The number of halogens is 2. The molecule has 158 valence electrons. The summed E-state index contributed by atoms with van der Waals surface area (Å²) < 4.78 is 42.3. The van der Waals surface area contributed by atoms with Crippen molar-refractivity contribution < 1.29 is 18.3 Å². The zero-order valence-electron chi connectivity index (χ0n) is 17.2. The molecule has 0 radical (unpaired) electrons. The van der Waals surface area contributed by atoms with Gasteiger partial charge in [0, 0.05) is 18.4 Å². The molecule has 2 atom stereocenters. The van der Waals surface area contributed by atoms with E-state index in [2.05, 4.69) is 20.5 Å². The average Bonchev–Trinajstić information content (AvgIpc) is 3.28. The van der Waals surface area contributed by atoms with E-state index in [1.54, 1.807) is 24.0 Å². The fourth-order valence-electron chi connectivity index (χ4n) is 2.88. The zero-order chi connectivity index (χ0) is 21.1. The Morgan fingerprint density at radius 2 is 1.97 bits per heavy atom. The maximum Gasteiger partial charge on any atom is 0.243 e. The third-order valence-electron chi connectivity index (χ3n) is 4.17. The Bertz CT molecular complexity index is 971. The molecule has 8 nitrogen and oxygen atoms in total. The molecule has 29 heavy (non-hydrogen) atoms. The average molecular weight is 408 g/mol. The second kappa shape index (κ2) is 8.73. The van der Waals surface area contributed by atoms with Crippen LogP contribution in [0.2, 0.25) is 0 Å². The third-order valence-corrected chi connectivity index (χ3v) is 4.17. The van der Waals surface area contributed by atoms with Crippen LogP contribution in [0.15, 0.2) is 18.6 Å². The molecule has 0 spiro atoms. The van der Waals surface area contributed by atoms with Crippen LogP contribution in [0.4, 0.5) is 14.7 Å². The molecule has 3 aromatic rings. The summed E-state index contributed by atoms with van der Waals surface area (Å²) in [4.78, 5) is 4.38. The highest BCUT2D eigenvalue weighted by Gasteiger charge is 2.23. The molecule has 0 aliphatic heterocycles. The Morgan fingerprint density at radius 3 is 2.62 bits per heavy atom. The summed E-state index contributed by atoms with van der Waals surface area (Å²) in [5, 5.41) is 11.3. The minimum absolute atomic E-state index is 0.195. The van der Waals surface area contributed by atoms with E-state index in [0.29, 0.717) is 17.8 Å². The van der Waals surface area contributed by atoms with Crippen LogP contribution in [0.5, 0.6) is 5.75 Å². The smallest absolute Gasteiger partial charge is 0.243 e. The second-order valence-corrected chi connectivity index (χ2v) is 7.01. The van der Waals surface area contributed by atoms with Gasteiger partial charge >= 0.3 is 0 Å². The summed E-state index contributed by atoms with van der Waals surface area (Å²) in [6.07, 6.45) is 3.96. The first-order chi connectivity index (χ1) is 13.8. The van der Waals surface area contributed by atoms with E-state index in [1.165, 1.54) is 10.7 Å². The number of fused-ring (bicyclic) bond motifs is 1. The summed E-state index contributed by atoms with van der Waals surface area (Å²) in [5.74, 6) is -0.0928. The van der Waals surface area contributed by atoms with Crippen molar-refractivity contribution in [2.75, 3.05) is 18.6 Å². The molecule has 3 heterocycles. The van der Waals surface area contributed by atoms with Crippen molar-refractivity contribution in [3.63, 3.8) is 0 Å². The first kappa shape index (κ1) is 21.0. The van der Waals surface area contributed by atoms with E-state index in [-0.39, 0.29) is 29.6 Å². The Hall–Kier alpha value is -2.75. The van der Waals surface area contributed by atoms with Gasteiger partial charge in [0.15, 0.2) is 11.6 Å². The van der Waals surface area contributed by atoms with Crippen LogP contribution in [-0.2, 0) is 4.74 Å². The summed E-state index contributed by atoms with van der Waals surface area (Å²) in [6.45, 7) is 9.04. The van der Waals surface area contributed by atoms with Gasteiger partial charge < -0.3 is 14.8 Å². The minimum Gasteiger partial charge on any atom is -0.486 e. The molecule has 0 amide bonds. The lowest BCUT2D eigenvalue weighted by molar-refractivity contribution is 0.0160. The predicted octanol–water partition coefficient (Wildman–Crippen LogP) is 3.84. The van der Waals surface area contributed by atoms with Gasteiger partial charge in [-0.25, -0.2) is 18.0 Å². The molecule has 10 heteroatoms. The fraction of sp³-hybridized carbons (Fsp3) is 0.526. The molecule has 0 aliphatic rings. The van der Waals surface area contributed by atoms with Crippen LogP contribution in [0.3, 0.4) is 0 Å². The Kier molecular flexibility index (Phi) is 6.31. The molecule has 1 N–H and O–H groups in total. The van der Waals surface area contributed by atoms with Gasteiger partial charge in [0.2, 0.25) is 11.6 Å². The van der Waals surface area contributed by atoms with Gasteiger partial charge in [-0.15, -0.1) is 5.10 Å². The van der Waals surface area contributed by atoms with Crippen molar-refractivity contribution >= 4 is 11.6 Å². The van der Waals surface area contributed by atoms with Crippen molar-refractivity contribution in [2.45, 2.75) is 53.0 Å². The fourth-order valence-corrected chi connectivity index (χ4v) is 2.88. The van der Waals surface area contributed by atoms with Crippen LogP contribution in [0.25, 0.3) is 16.8 Å². The van der Waals surface area contributed by atoms with Crippen LogP contribution >= 0.6 is 0 Å². The monoisotopic (exact) mass is 408 g/mol. The van der Waals surface area contributed by atoms with Gasteiger partial charge in [0.25, 0.3) is 0 Å². The van der Waals surface area contributed by atoms with E-state index in [0.717, 1.165) is 0 Å². The molecule has 1 unspecified atom stereocenters. The molecule has 0 saturated carbocycles. The lowest BCUT2D eigenvalue weighted by Crippen LogP contribution is -2.17. The molecular weight excluding hydrogens is 382 g/mol. The van der Waals surface area contributed by atoms with E-state index in [9.17, 15) is 4.39 Å². The Labute approximate surface area is 167 Å². The number of hydrogen-bond donors (Lipinski definition) is 1. The van der Waals surface area contributed by atoms with Crippen molar-refractivity contribution in [3.8, 4) is 16.9 Å². The van der Waals surface area contributed by atoms with Gasteiger partial charge in [0.05, 0.1) is 30.1 Å². The van der Waals surface area contributed by atoms with E-state index in [4.69, 9.17) is 9.47 Å². The topological polar surface area (TPSA) is 78.5 Å². The van der Waals surface area contributed by atoms with Gasteiger partial charge in [0.1, 0.15) is 12.9 Å². The normalized spacial score (nSPS) is 13.8. The number of nitrogens with zero attached hydrogens (tertiary/aromatic N) is 5. The number of hydrogen-bond acceptors (Lipinski definition) is 6. The summed E-state index contributed by atoms with van der Waals surface area (Å²) in [6, 6.07) is -0.468. The number of nitrogens with one attached hydrogen (secondary N) is 1. The second-order valence-electron chi connectivity index (χ2n) is 7.01. The van der Waals surface area contributed by atoms with Crippen LogP contribution in [-0.4, -0.2) is 49.8 Å². The summed E-state index contributed by atoms with van der Waals surface area (Å²) in [7, 11) is 0. The van der Waals surface area contributed by atoms with Crippen molar-refractivity contribution in [2.24, 2.45) is 0 Å². The molecule has 0 saturated heterocycles. The van der Waals surface area contributed by atoms with Crippen LogP contribution in [0, 0.1) is 5.82 Å². The molecule has 0 bridgehead atoms. The predicted molar refractivity (Wildman–Crippen MR) is 105 cm³/mol. The number of aromatic nitrogens is 5. The number of ether oxygens (including phenoxy) is 2. The molecule has 0 aromatic carbocycles. The maximum atomic E-state index is 15.1. The van der Waals surface area contributed by atoms with Crippen molar-refractivity contribution in [1.29, 1.82) is 0 Å². The SMILES string of the molecule is CCOC(C)n1cc(-c2c(F)cn3nc(N[C@@H](C)CF)nc3c2OC(C)C)cn1. The molecular formula is C19H26F2N6O2. The first-order valence-electron chi connectivity index (χ1n) is 9.58.